The summed E-state index contributed by atoms with van der Waals surface area (Å²) in [4.78, 5) is 29.2. The Morgan fingerprint density at radius 1 is 1.04 bits per heavy atom. The maximum Gasteiger partial charge on any atom is 0.292 e. The van der Waals surface area contributed by atoms with Gasteiger partial charge in [0, 0.05) is 45.8 Å². The second kappa shape index (κ2) is 8.64. The number of amides is 1. The molecular formula is C20H24N4O3. The third-order valence-electron chi connectivity index (χ3n) is 4.84. The molecular weight excluding hydrogens is 344 g/mol. The number of benzene rings is 2. The van der Waals surface area contributed by atoms with Crippen LogP contribution in [0.4, 0.5) is 11.4 Å². The molecule has 3 rings (SSSR count). The molecule has 1 aliphatic rings. The fourth-order valence-corrected chi connectivity index (χ4v) is 3.33. The number of nitro groups is 1. The number of anilines is 1. The van der Waals surface area contributed by atoms with Crippen molar-refractivity contribution in [1.29, 1.82) is 0 Å². The average Bonchev–Trinajstić information content (AvgIpc) is 2.69. The number of piperazine rings is 1. The van der Waals surface area contributed by atoms with Crippen LogP contribution in [0.5, 0.6) is 0 Å². The number of hydrogen-bond acceptors (Lipinski definition) is 5. The predicted octanol–water partition coefficient (Wildman–Crippen LogP) is 2.38. The van der Waals surface area contributed by atoms with Crippen molar-refractivity contribution in [3.63, 3.8) is 0 Å². The first-order valence-electron chi connectivity index (χ1n) is 9.03. The molecule has 1 fully saturated rings. The molecule has 7 nitrogen and oxygen atoms in total. The van der Waals surface area contributed by atoms with Gasteiger partial charge < -0.3 is 9.80 Å². The van der Waals surface area contributed by atoms with Gasteiger partial charge in [0.15, 0.2) is 0 Å². The lowest BCUT2D eigenvalue weighted by Gasteiger charge is -2.35. The SMILES string of the molecule is CN(CC(=O)N1CCN(Cc2ccccc2)CC1)c1ccccc1[N+](=O)[O-]. The van der Waals surface area contributed by atoms with Crippen LogP contribution < -0.4 is 4.90 Å². The number of likely N-dealkylation sites (N-methyl/N-ethyl adjacent to an activating group) is 1. The average molecular weight is 368 g/mol. The smallest absolute Gasteiger partial charge is 0.292 e. The summed E-state index contributed by atoms with van der Waals surface area (Å²) in [5.74, 6) is -0.00462. The fourth-order valence-electron chi connectivity index (χ4n) is 3.33. The summed E-state index contributed by atoms with van der Waals surface area (Å²) < 4.78 is 0. The first-order valence-corrected chi connectivity index (χ1v) is 9.03. The molecule has 7 heteroatoms. The number of carbonyl (C=O) groups excluding carboxylic acids is 1. The first-order chi connectivity index (χ1) is 13.0. The summed E-state index contributed by atoms with van der Waals surface area (Å²) in [6, 6.07) is 16.8. The Morgan fingerprint density at radius 3 is 2.33 bits per heavy atom. The van der Waals surface area contributed by atoms with Crippen LogP contribution in [0.25, 0.3) is 0 Å². The zero-order valence-electron chi connectivity index (χ0n) is 15.5. The maximum atomic E-state index is 12.6. The van der Waals surface area contributed by atoms with E-state index in [-0.39, 0.29) is 18.1 Å². The molecule has 0 saturated carbocycles. The fraction of sp³-hybridized carbons (Fsp3) is 0.350. The molecule has 0 bridgehead atoms. The van der Waals surface area contributed by atoms with Crippen LogP contribution in [0.15, 0.2) is 54.6 Å². The zero-order chi connectivity index (χ0) is 19.2. The van der Waals surface area contributed by atoms with Gasteiger partial charge in [-0.15, -0.1) is 0 Å². The van der Waals surface area contributed by atoms with Gasteiger partial charge in [0.1, 0.15) is 5.69 Å². The largest absolute Gasteiger partial charge is 0.360 e. The van der Waals surface area contributed by atoms with Crippen molar-refractivity contribution >= 4 is 17.3 Å². The number of nitrogens with zero attached hydrogens (tertiary/aromatic N) is 4. The highest BCUT2D eigenvalue weighted by atomic mass is 16.6. The van der Waals surface area contributed by atoms with Gasteiger partial charge in [-0.1, -0.05) is 42.5 Å². The van der Waals surface area contributed by atoms with E-state index in [1.165, 1.54) is 11.6 Å². The second-order valence-corrected chi connectivity index (χ2v) is 6.74. The lowest BCUT2D eigenvalue weighted by Crippen LogP contribution is -2.50. The van der Waals surface area contributed by atoms with Crippen molar-refractivity contribution in [3.05, 3.63) is 70.3 Å². The maximum absolute atomic E-state index is 12.6. The molecule has 0 aromatic heterocycles. The number of para-hydroxylation sites is 2. The molecule has 2 aromatic carbocycles. The number of nitro benzene ring substituents is 1. The van der Waals surface area contributed by atoms with Gasteiger partial charge in [-0.25, -0.2) is 0 Å². The van der Waals surface area contributed by atoms with Crippen LogP contribution in [0.1, 0.15) is 5.56 Å². The summed E-state index contributed by atoms with van der Waals surface area (Å²) >= 11 is 0. The van der Waals surface area contributed by atoms with Crippen LogP contribution in [0.3, 0.4) is 0 Å². The van der Waals surface area contributed by atoms with Crippen molar-refractivity contribution < 1.29 is 9.72 Å². The van der Waals surface area contributed by atoms with Gasteiger partial charge in [0.05, 0.1) is 11.5 Å². The normalized spacial score (nSPS) is 14.8. The quantitative estimate of drug-likeness (QED) is 0.578. The van der Waals surface area contributed by atoms with Crippen molar-refractivity contribution in [3.8, 4) is 0 Å². The monoisotopic (exact) mass is 368 g/mol. The molecule has 2 aromatic rings. The van der Waals surface area contributed by atoms with Crippen LogP contribution in [-0.4, -0.2) is 60.4 Å². The topological polar surface area (TPSA) is 69.9 Å². The van der Waals surface area contributed by atoms with E-state index in [0.717, 1.165) is 19.6 Å². The van der Waals surface area contributed by atoms with Crippen molar-refractivity contribution in [2.24, 2.45) is 0 Å². The van der Waals surface area contributed by atoms with Gasteiger partial charge in [-0.3, -0.25) is 19.8 Å². The van der Waals surface area contributed by atoms with Crippen LogP contribution in [-0.2, 0) is 11.3 Å². The van der Waals surface area contributed by atoms with Gasteiger partial charge in [-0.05, 0) is 11.6 Å². The van der Waals surface area contributed by atoms with Crippen LogP contribution in [0.2, 0.25) is 0 Å². The molecule has 1 amide bonds. The lowest BCUT2D eigenvalue weighted by molar-refractivity contribution is -0.384. The molecule has 0 radical (unpaired) electrons. The van der Waals surface area contributed by atoms with Gasteiger partial charge in [0.25, 0.3) is 5.69 Å². The minimum absolute atomic E-state index is 0.00462. The minimum Gasteiger partial charge on any atom is -0.360 e. The molecule has 0 atom stereocenters. The summed E-state index contributed by atoms with van der Waals surface area (Å²) in [5, 5.41) is 11.2. The Balaban J connectivity index is 1.53. The molecule has 142 valence electrons. The van der Waals surface area contributed by atoms with Crippen molar-refractivity contribution in [2.45, 2.75) is 6.54 Å². The van der Waals surface area contributed by atoms with E-state index in [0.29, 0.717) is 18.8 Å². The van der Waals surface area contributed by atoms with Crippen LogP contribution >= 0.6 is 0 Å². The van der Waals surface area contributed by atoms with Gasteiger partial charge in [0.2, 0.25) is 5.91 Å². The summed E-state index contributed by atoms with van der Waals surface area (Å²) in [7, 11) is 1.71. The van der Waals surface area contributed by atoms with E-state index in [1.807, 2.05) is 23.1 Å². The molecule has 0 N–H and O–H groups in total. The molecule has 1 heterocycles. The Bertz CT molecular complexity index is 789. The van der Waals surface area contributed by atoms with E-state index < -0.39 is 4.92 Å². The van der Waals surface area contributed by atoms with Gasteiger partial charge >= 0.3 is 0 Å². The molecule has 0 spiro atoms. The molecule has 1 aliphatic heterocycles. The van der Waals surface area contributed by atoms with E-state index in [2.05, 4.69) is 17.0 Å². The Hall–Kier alpha value is -2.93. The van der Waals surface area contributed by atoms with Crippen molar-refractivity contribution in [1.82, 2.24) is 9.80 Å². The Kier molecular flexibility index (Phi) is 6.03. The number of hydrogen-bond donors (Lipinski definition) is 0. The van der Waals surface area contributed by atoms with Crippen molar-refractivity contribution in [2.75, 3.05) is 44.7 Å². The van der Waals surface area contributed by atoms with Gasteiger partial charge in [-0.2, -0.15) is 0 Å². The second-order valence-electron chi connectivity index (χ2n) is 6.74. The Morgan fingerprint density at radius 2 is 1.67 bits per heavy atom. The highest BCUT2D eigenvalue weighted by Crippen LogP contribution is 2.26. The number of carbonyl (C=O) groups is 1. The highest BCUT2D eigenvalue weighted by molar-refractivity contribution is 5.82. The molecule has 1 saturated heterocycles. The third kappa shape index (κ3) is 4.83. The summed E-state index contributed by atoms with van der Waals surface area (Å²) in [5.41, 5.74) is 1.74. The Labute approximate surface area is 158 Å². The predicted molar refractivity (Wildman–Crippen MR) is 105 cm³/mol. The van der Waals surface area contributed by atoms with Crippen LogP contribution in [0, 0.1) is 10.1 Å². The third-order valence-corrected chi connectivity index (χ3v) is 4.84. The standard InChI is InChI=1S/C20H24N4O3/c1-21(18-9-5-6-10-19(18)24(26)27)16-20(25)23-13-11-22(12-14-23)15-17-7-3-2-4-8-17/h2-10H,11-16H2,1H3. The molecule has 0 unspecified atom stereocenters. The number of rotatable bonds is 6. The van der Waals surface area contributed by atoms with E-state index in [1.54, 1.807) is 30.1 Å². The molecule has 0 aliphatic carbocycles. The van der Waals surface area contributed by atoms with E-state index >= 15 is 0 Å². The van der Waals surface area contributed by atoms with E-state index in [9.17, 15) is 14.9 Å². The summed E-state index contributed by atoms with van der Waals surface area (Å²) in [6.07, 6.45) is 0. The molecule has 27 heavy (non-hydrogen) atoms. The lowest BCUT2D eigenvalue weighted by atomic mass is 10.2. The minimum atomic E-state index is -0.418. The zero-order valence-corrected chi connectivity index (χ0v) is 15.5. The van der Waals surface area contributed by atoms with E-state index in [4.69, 9.17) is 0 Å². The highest BCUT2D eigenvalue weighted by Gasteiger charge is 2.24. The summed E-state index contributed by atoms with van der Waals surface area (Å²) in [6.45, 7) is 4.03. The first kappa shape index (κ1) is 18.8.